The van der Waals surface area contributed by atoms with Crippen LogP contribution in [0.4, 0.5) is 11.6 Å². The van der Waals surface area contributed by atoms with Crippen molar-refractivity contribution >= 4 is 28.3 Å². The number of anilines is 2. The molecule has 2 aromatic carbocycles. The van der Waals surface area contributed by atoms with Gasteiger partial charge in [-0.15, -0.1) is 0 Å². The third-order valence-electron chi connectivity index (χ3n) is 5.15. The molecule has 1 aliphatic rings. The molecule has 0 spiro atoms. The van der Waals surface area contributed by atoms with Crippen LogP contribution < -0.4 is 15.0 Å². The highest BCUT2D eigenvalue weighted by atomic mass is 16.5. The predicted octanol–water partition coefficient (Wildman–Crippen LogP) is 3.80. The first-order valence-electron chi connectivity index (χ1n) is 9.57. The summed E-state index contributed by atoms with van der Waals surface area (Å²) in [5, 5.41) is 5.30. The lowest BCUT2D eigenvalue weighted by molar-refractivity contribution is -0.120. The van der Waals surface area contributed by atoms with Crippen molar-refractivity contribution in [2.24, 2.45) is 5.92 Å². The Bertz CT molecular complexity index is 999. The van der Waals surface area contributed by atoms with E-state index in [4.69, 9.17) is 4.74 Å². The van der Waals surface area contributed by atoms with Gasteiger partial charge in [0.15, 0.2) is 0 Å². The van der Waals surface area contributed by atoms with Crippen molar-refractivity contribution in [1.29, 1.82) is 0 Å². The van der Waals surface area contributed by atoms with Gasteiger partial charge < -0.3 is 15.0 Å². The number of amides is 1. The van der Waals surface area contributed by atoms with E-state index in [0.29, 0.717) is 18.4 Å². The molecule has 1 N–H and O–H groups in total. The fourth-order valence-corrected chi connectivity index (χ4v) is 3.71. The highest BCUT2D eigenvalue weighted by Crippen LogP contribution is 2.26. The molecule has 3 aromatic rings. The summed E-state index contributed by atoms with van der Waals surface area (Å²) < 4.78 is 5.26. The molecule has 0 unspecified atom stereocenters. The summed E-state index contributed by atoms with van der Waals surface area (Å²) in [6.45, 7) is 3.36. The zero-order chi connectivity index (χ0) is 19.5. The Morgan fingerprint density at radius 2 is 2.00 bits per heavy atom. The molecular weight excluding hydrogens is 352 g/mol. The number of carbonyl (C=O) groups is 1. The standard InChI is InChI=1S/C22H24N4O2/c1-15-13-20(28-2)25-22(23-15)26-12-6-9-17(14-26)21(27)24-19-11-5-8-16-7-3-4-10-18(16)19/h3-5,7-8,10-11,13,17H,6,9,12,14H2,1-2H3,(H,24,27)/t17-/m1/s1. The second-order valence-electron chi connectivity index (χ2n) is 7.15. The number of nitrogens with zero attached hydrogens (tertiary/aromatic N) is 3. The number of hydrogen-bond donors (Lipinski definition) is 1. The minimum absolute atomic E-state index is 0.0423. The molecular formula is C22H24N4O2. The van der Waals surface area contributed by atoms with Crippen LogP contribution in [0, 0.1) is 12.8 Å². The van der Waals surface area contributed by atoms with Gasteiger partial charge in [-0.1, -0.05) is 36.4 Å². The van der Waals surface area contributed by atoms with Gasteiger partial charge in [0.25, 0.3) is 0 Å². The van der Waals surface area contributed by atoms with E-state index >= 15 is 0 Å². The summed E-state index contributed by atoms with van der Waals surface area (Å²) in [7, 11) is 1.60. The first-order valence-corrected chi connectivity index (χ1v) is 9.57. The Hall–Kier alpha value is -3.15. The molecule has 1 aromatic heterocycles. The molecule has 1 amide bonds. The number of hydrogen-bond acceptors (Lipinski definition) is 5. The Kier molecular flexibility index (Phi) is 5.10. The molecule has 6 nitrogen and oxygen atoms in total. The number of fused-ring (bicyclic) bond motifs is 1. The summed E-state index contributed by atoms with van der Waals surface area (Å²) in [5.74, 6) is 1.10. The predicted molar refractivity (Wildman–Crippen MR) is 111 cm³/mol. The Balaban J connectivity index is 1.51. The minimum atomic E-state index is -0.108. The highest BCUT2D eigenvalue weighted by Gasteiger charge is 2.28. The number of aromatic nitrogens is 2. The summed E-state index contributed by atoms with van der Waals surface area (Å²) in [6.07, 6.45) is 1.78. The maximum absolute atomic E-state index is 13.0. The van der Waals surface area contributed by atoms with E-state index in [-0.39, 0.29) is 11.8 Å². The van der Waals surface area contributed by atoms with E-state index in [9.17, 15) is 4.79 Å². The second kappa shape index (κ2) is 7.84. The number of rotatable bonds is 4. The van der Waals surface area contributed by atoms with E-state index in [1.807, 2.05) is 37.3 Å². The zero-order valence-electron chi connectivity index (χ0n) is 16.2. The molecule has 0 bridgehead atoms. The van der Waals surface area contributed by atoms with E-state index in [2.05, 4.69) is 32.3 Å². The topological polar surface area (TPSA) is 67.3 Å². The molecule has 6 heteroatoms. The lowest BCUT2D eigenvalue weighted by Crippen LogP contribution is -2.41. The van der Waals surface area contributed by atoms with Crippen LogP contribution in [0.15, 0.2) is 48.5 Å². The number of piperidine rings is 1. The van der Waals surface area contributed by atoms with Gasteiger partial charge in [-0.2, -0.15) is 4.98 Å². The maximum Gasteiger partial charge on any atom is 0.229 e. The van der Waals surface area contributed by atoms with Gasteiger partial charge in [0.2, 0.25) is 17.7 Å². The molecule has 4 rings (SSSR count). The van der Waals surface area contributed by atoms with Crippen LogP contribution in [0.3, 0.4) is 0 Å². The average Bonchev–Trinajstić information content (AvgIpc) is 2.73. The van der Waals surface area contributed by atoms with Crippen LogP contribution in [0.2, 0.25) is 0 Å². The van der Waals surface area contributed by atoms with Crippen LogP contribution in [0.25, 0.3) is 10.8 Å². The lowest BCUT2D eigenvalue weighted by Gasteiger charge is -2.32. The van der Waals surface area contributed by atoms with Crippen molar-refractivity contribution in [2.45, 2.75) is 19.8 Å². The monoisotopic (exact) mass is 376 g/mol. The molecule has 2 heterocycles. The number of ether oxygens (including phenoxy) is 1. The van der Waals surface area contributed by atoms with Crippen molar-refractivity contribution in [2.75, 3.05) is 30.4 Å². The third kappa shape index (κ3) is 3.76. The number of aryl methyl sites for hydroxylation is 1. The van der Waals surface area contributed by atoms with Crippen molar-refractivity contribution in [3.8, 4) is 5.88 Å². The summed E-state index contributed by atoms with van der Waals surface area (Å²) in [6, 6.07) is 15.9. The van der Waals surface area contributed by atoms with Gasteiger partial charge >= 0.3 is 0 Å². The Labute approximate surface area is 164 Å². The van der Waals surface area contributed by atoms with Crippen LogP contribution in [-0.2, 0) is 4.79 Å². The van der Waals surface area contributed by atoms with Crippen molar-refractivity contribution < 1.29 is 9.53 Å². The average molecular weight is 376 g/mol. The highest BCUT2D eigenvalue weighted by molar-refractivity contribution is 6.02. The van der Waals surface area contributed by atoms with Gasteiger partial charge in [0.1, 0.15) is 0 Å². The van der Waals surface area contributed by atoms with E-state index in [1.54, 1.807) is 13.2 Å². The summed E-state index contributed by atoms with van der Waals surface area (Å²) in [5.41, 5.74) is 1.71. The van der Waals surface area contributed by atoms with Crippen molar-refractivity contribution in [3.05, 3.63) is 54.2 Å². The van der Waals surface area contributed by atoms with Crippen molar-refractivity contribution in [1.82, 2.24) is 9.97 Å². The number of carbonyl (C=O) groups excluding carboxylic acids is 1. The zero-order valence-corrected chi connectivity index (χ0v) is 16.2. The van der Waals surface area contributed by atoms with Gasteiger partial charge in [0, 0.05) is 35.9 Å². The molecule has 0 aliphatic carbocycles. The summed E-state index contributed by atoms with van der Waals surface area (Å²) in [4.78, 5) is 24.0. The van der Waals surface area contributed by atoms with Crippen LogP contribution in [0.5, 0.6) is 5.88 Å². The first-order chi connectivity index (χ1) is 13.6. The molecule has 1 saturated heterocycles. The van der Waals surface area contributed by atoms with Gasteiger partial charge in [0.05, 0.1) is 13.0 Å². The molecule has 28 heavy (non-hydrogen) atoms. The van der Waals surface area contributed by atoms with Crippen LogP contribution in [0.1, 0.15) is 18.5 Å². The van der Waals surface area contributed by atoms with Crippen LogP contribution >= 0.6 is 0 Å². The normalized spacial score (nSPS) is 16.8. The first kappa shape index (κ1) is 18.2. The quantitative estimate of drug-likeness (QED) is 0.750. The van der Waals surface area contributed by atoms with Gasteiger partial charge in [-0.3, -0.25) is 4.79 Å². The Morgan fingerprint density at radius 3 is 2.86 bits per heavy atom. The third-order valence-corrected chi connectivity index (χ3v) is 5.15. The van der Waals surface area contributed by atoms with E-state index in [1.165, 1.54) is 0 Å². The van der Waals surface area contributed by atoms with Gasteiger partial charge in [-0.25, -0.2) is 4.98 Å². The maximum atomic E-state index is 13.0. The molecule has 1 aliphatic heterocycles. The van der Waals surface area contributed by atoms with E-state index < -0.39 is 0 Å². The fourth-order valence-electron chi connectivity index (χ4n) is 3.71. The molecule has 1 fully saturated rings. The van der Waals surface area contributed by atoms with Crippen molar-refractivity contribution in [3.63, 3.8) is 0 Å². The fraction of sp³-hybridized carbons (Fsp3) is 0.318. The number of benzene rings is 2. The largest absolute Gasteiger partial charge is 0.481 e. The minimum Gasteiger partial charge on any atom is -0.481 e. The summed E-state index contributed by atoms with van der Waals surface area (Å²) >= 11 is 0. The van der Waals surface area contributed by atoms with Crippen LogP contribution in [-0.4, -0.2) is 36.1 Å². The number of methoxy groups -OCH3 is 1. The molecule has 0 radical (unpaired) electrons. The van der Waals surface area contributed by atoms with Gasteiger partial charge in [-0.05, 0) is 31.2 Å². The lowest BCUT2D eigenvalue weighted by atomic mass is 9.97. The second-order valence-corrected chi connectivity index (χ2v) is 7.15. The molecule has 144 valence electrons. The number of nitrogens with one attached hydrogen (secondary N) is 1. The Morgan fingerprint density at radius 1 is 1.18 bits per heavy atom. The molecule has 0 saturated carbocycles. The smallest absolute Gasteiger partial charge is 0.229 e. The molecule has 1 atom stereocenters. The van der Waals surface area contributed by atoms with E-state index in [0.717, 1.165) is 41.5 Å². The SMILES string of the molecule is COc1cc(C)nc(N2CCC[C@@H](C(=O)Nc3cccc4ccccc34)C2)n1.